The smallest absolute Gasteiger partial charge is 0.289 e. The standard InChI is InChI=1S/C29H29N3O6/c1-36-23-16-20-21(17-24(23)37-2)27(33)32-10-9-18-6-3-4-7-19(18)26(32)25(20)29(35)31-13-11-30(12-14-31)28(34)22-8-5-15-38-22/h3-8,15-17,25-26H,9-14H2,1-2H3/t25-,26-/m1/s1. The summed E-state index contributed by atoms with van der Waals surface area (Å²) in [5.41, 5.74) is 3.25. The Morgan fingerprint density at radius 3 is 2.29 bits per heavy atom. The van der Waals surface area contributed by atoms with E-state index >= 15 is 0 Å². The second-order valence-electron chi connectivity index (χ2n) is 9.76. The van der Waals surface area contributed by atoms with Crippen molar-refractivity contribution in [2.75, 3.05) is 46.9 Å². The molecule has 3 aromatic rings. The van der Waals surface area contributed by atoms with Crippen molar-refractivity contribution in [2.45, 2.75) is 18.4 Å². The zero-order valence-electron chi connectivity index (χ0n) is 21.4. The second kappa shape index (κ2) is 9.55. The van der Waals surface area contributed by atoms with Crippen molar-refractivity contribution in [1.29, 1.82) is 0 Å². The third kappa shape index (κ3) is 3.81. The number of methoxy groups -OCH3 is 2. The summed E-state index contributed by atoms with van der Waals surface area (Å²) in [6.45, 7) is 2.13. The number of hydrogen-bond acceptors (Lipinski definition) is 6. The van der Waals surface area contributed by atoms with Crippen molar-refractivity contribution in [3.8, 4) is 11.5 Å². The first-order chi connectivity index (χ1) is 18.5. The van der Waals surface area contributed by atoms with Gasteiger partial charge in [0, 0.05) is 38.3 Å². The van der Waals surface area contributed by atoms with Crippen LogP contribution in [0.5, 0.6) is 11.5 Å². The van der Waals surface area contributed by atoms with Crippen LogP contribution in [0.4, 0.5) is 0 Å². The average Bonchev–Trinajstić information content (AvgIpc) is 3.51. The highest BCUT2D eigenvalue weighted by atomic mass is 16.5. The molecule has 2 aromatic carbocycles. The lowest BCUT2D eigenvalue weighted by Gasteiger charge is -2.47. The molecule has 0 N–H and O–H groups in total. The topological polar surface area (TPSA) is 92.5 Å². The summed E-state index contributed by atoms with van der Waals surface area (Å²) in [7, 11) is 3.08. The molecule has 9 heteroatoms. The van der Waals surface area contributed by atoms with E-state index in [0.29, 0.717) is 61.1 Å². The Kier molecular flexibility index (Phi) is 6.06. The summed E-state index contributed by atoms with van der Waals surface area (Å²) in [4.78, 5) is 46.2. The van der Waals surface area contributed by atoms with Gasteiger partial charge in [-0.2, -0.15) is 0 Å². The number of rotatable bonds is 4. The van der Waals surface area contributed by atoms with Gasteiger partial charge in [-0.25, -0.2) is 0 Å². The predicted octanol–water partition coefficient (Wildman–Crippen LogP) is 3.12. The molecule has 0 radical (unpaired) electrons. The number of carbonyl (C=O) groups is 3. The summed E-state index contributed by atoms with van der Waals surface area (Å²) in [5.74, 6) is 0.243. The number of amides is 3. The fourth-order valence-electron chi connectivity index (χ4n) is 6.00. The van der Waals surface area contributed by atoms with Crippen molar-refractivity contribution >= 4 is 17.7 Å². The summed E-state index contributed by atoms with van der Waals surface area (Å²) in [5, 5.41) is 0. The van der Waals surface area contributed by atoms with Crippen LogP contribution in [0.3, 0.4) is 0 Å². The Morgan fingerprint density at radius 1 is 0.868 bits per heavy atom. The van der Waals surface area contributed by atoms with Gasteiger partial charge in [-0.15, -0.1) is 0 Å². The van der Waals surface area contributed by atoms with E-state index in [-0.39, 0.29) is 17.7 Å². The zero-order valence-corrected chi connectivity index (χ0v) is 21.4. The van der Waals surface area contributed by atoms with Crippen molar-refractivity contribution < 1.29 is 28.3 Å². The summed E-state index contributed by atoms with van der Waals surface area (Å²) >= 11 is 0. The first kappa shape index (κ1) is 24.1. The molecule has 196 valence electrons. The van der Waals surface area contributed by atoms with Crippen LogP contribution < -0.4 is 9.47 Å². The van der Waals surface area contributed by atoms with Crippen LogP contribution in [0, 0.1) is 0 Å². The van der Waals surface area contributed by atoms with E-state index in [1.807, 2.05) is 28.0 Å². The first-order valence-corrected chi connectivity index (χ1v) is 12.8. The number of nitrogens with zero attached hydrogens (tertiary/aromatic N) is 3. The van der Waals surface area contributed by atoms with E-state index in [1.54, 1.807) is 36.3 Å². The van der Waals surface area contributed by atoms with Gasteiger partial charge < -0.3 is 28.6 Å². The molecule has 2 atom stereocenters. The minimum absolute atomic E-state index is 0.0669. The maximum atomic E-state index is 14.3. The number of carbonyl (C=O) groups excluding carboxylic acids is 3. The van der Waals surface area contributed by atoms with Gasteiger partial charge in [-0.1, -0.05) is 24.3 Å². The monoisotopic (exact) mass is 515 g/mol. The third-order valence-electron chi connectivity index (χ3n) is 7.91. The molecule has 6 rings (SSSR count). The minimum atomic E-state index is -0.615. The largest absolute Gasteiger partial charge is 0.493 e. The number of benzene rings is 2. The van der Waals surface area contributed by atoms with Gasteiger partial charge in [-0.3, -0.25) is 14.4 Å². The van der Waals surface area contributed by atoms with Gasteiger partial charge in [0.2, 0.25) is 5.91 Å². The quantitative estimate of drug-likeness (QED) is 0.530. The molecule has 0 unspecified atom stereocenters. The van der Waals surface area contributed by atoms with Gasteiger partial charge in [0.15, 0.2) is 17.3 Å². The SMILES string of the molecule is COc1cc2c(cc1OC)[C@@H](C(=O)N1CCN(C(=O)c3ccco3)CC1)[C@H]1c3ccccc3CCN1C2=O. The average molecular weight is 516 g/mol. The predicted molar refractivity (Wildman–Crippen MR) is 137 cm³/mol. The van der Waals surface area contributed by atoms with Crippen LogP contribution in [0.2, 0.25) is 0 Å². The van der Waals surface area contributed by atoms with Crippen molar-refractivity contribution in [3.63, 3.8) is 0 Å². The first-order valence-electron chi connectivity index (χ1n) is 12.8. The summed E-state index contributed by atoms with van der Waals surface area (Å²) in [6.07, 6.45) is 2.21. The molecule has 3 amide bonds. The van der Waals surface area contributed by atoms with E-state index < -0.39 is 12.0 Å². The molecular formula is C29H29N3O6. The highest BCUT2D eigenvalue weighted by Crippen LogP contribution is 2.49. The second-order valence-corrected chi connectivity index (χ2v) is 9.76. The molecule has 1 saturated heterocycles. The Morgan fingerprint density at radius 2 is 1.58 bits per heavy atom. The summed E-state index contributed by atoms with van der Waals surface area (Å²) < 4.78 is 16.3. The molecule has 3 aliphatic rings. The Hall–Kier alpha value is -4.27. The highest BCUT2D eigenvalue weighted by Gasteiger charge is 2.48. The third-order valence-corrected chi connectivity index (χ3v) is 7.91. The van der Waals surface area contributed by atoms with Crippen LogP contribution in [-0.2, 0) is 11.2 Å². The Balaban J connectivity index is 1.37. The van der Waals surface area contributed by atoms with E-state index in [0.717, 1.165) is 17.5 Å². The van der Waals surface area contributed by atoms with Crippen LogP contribution in [0.1, 0.15) is 49.6 Å². The molecule has 0 spiro atoms. The molecule has 3 aliphatic heterocycles. The van der Waals surface area contributed by atoms with Crippen molar-refractivity contribution in [2.24, 2.45) is 0 Å². The number of fused-ring (bicyclic) bond motifs is 4. The fraction of sp³-hybridized carbons (Fsp3) is 0.345. The molecule has 0 saturated carbocycles. The lowest BCUT2D eigenvalue weighted by atomic mass is 9.75. The van der Waals surface area contributed by atoms with Crippen LogP contribution in [-0.4, -0.2) is 79.4 Å². The molecule has 1 fully saturated rings. The number of hydrogen-bond donors (Lipinski definition) is 0. The van der Waals surface area contributed by atoms with E-state index in [1.165, 1.54) is 13.4 Å². The summed E-state index contributed by atoms with van der Waals surface area (Å²) in [6, 6.07) is 14.4. The Bertz CT molecular complexity index is 1390. The molecule has 38 heavy (non-hydrogen) atoms. The number of piperazine rings is 1. The molecule has 4 heterocycles. The van der Waals surface area contributed by atoms with Gasteiger partial charge >= 0.3 is 0 Å². The van der Waals surface area contributed by atoms with Crippen LogP contribution in [0.25, 0.3) is 0 Å². The van der Waals surface area contributed by atoms with Gasteiger partial charge in [-0.05, 0) is 47.4 Å². The van der Waals surface area contributed by atoms with Gasteiger partial charge in [0.25, 0.3) is 11.8 Å². The Labute approximate surface area is 220 Å². The zero-order chi connectivity index (χ0) is 26.4. The lowest BCUT2D eigenvalue weighted by Crippen LogP contribution is -2.55. The van der Waals surface area contributed by atoms with E-state index in [2.05, 4.69) is 6.07 Å². The number of ether oxygens (including phenoxy) is 2. The van der Waals surface area contributed by atoms with Crippen molar-refractivity contribution in [1.82, 2.24) is 14.7 Å². The lowest BCUT2D eigenvalue weighted by molar-refractivity contribution is -0.136. The van der Waals surface area contributed by atoms with Gasteiger partial charge in [0.1, 0.15) is 0 Å². The molecule has 0 bridgehead atoms. The molecule has 0 aliphatic carbocycles. The van der Waals surface area contributed by atoms with Crippen molar-refractivity contribution in [3.05, 3.63) is 82.8 Å². The molecule has 1 aromatic heterocycles. The normalized spacial score (nSPS) is 20.4. The number of furan rings is 1. The van der Waals surface area contributed by atoms with Gasteiger partial charge in [0.05, 0.1) is 32.4 Å². The van der Waals surface area contributed by atoms with Crippen LogP contribution >= 0.6 is 0 Å². The highest BCUT2D eigenvalue weighted by molar-refractivity contribution is 6.02. The van der Waals surface area contributed by atoms with Crippen LogP contribution in [0.15, 0.2) is 59.2 Å². The fourth-order valence-corrected chi connectivity index (χ4v) is 6.00. The van der Waals surface area contributed by atoms with E-state index in [9.17, 15) is 14.4 Å². The maximum Gasteiger partial charge on any atom is 0.289 e. The molecular weight excluding hydrogens is 486 g/mol. The van der Waals surface area contributed by atoms with E-state index in [4.69, 9.17) is 13.9 Å². The molecule has 9 nitrogen and oxygen atoms in total. The maximum absolute atomic E-state index is 14.3. The minimum Gasteiger partial charge on any atom is -0.493 e.